The molecule has 0 saturated carbocycles. The first-order valence-corrected chi connectivity index (χ1v) is 7.33. The van der Waals surface area contributed by atoms with Crippen LogP contribution in [0.4, 0.5) is 0 Å². The maximum absolute atomic E-state index is 3.74. The highest BCUT2D eigenvalue weighted by Crippen LogP contribution is 2.07. The monoisotopic (exact) mass is 157 g/mol. The second kappa shape index (κ2) is 3.94. The van der Waals surface area contributed by atoms with Gasteiger partial charge in [0.15, 0.2) is 0 Å². The zero-order valence-electron chi connectivity index (χ0n) is 7.65. The molecule has 10 heavy (non-hydrogen) atoms. The number of hydrogen-bond acceptors (Lipinski definition) is 1. The van der Waals surface area contributed by atoms with E-state index in [0.29, 0.717) is 0 Å². The molecule has 0 unspecified atom stereocenters. The Balaban J connectivity index is 3.92. The summed E-state index contributed by atoms with van der Waals surface area (Å²) < 4.78 is 2.51. The molecule has 0 N–H and O–H groups in total. The van der Waals surface area contributed by atoms with E-state index in [4.69, 9.17) is 0 Å². The number of likely N-dealkylation sites (N-methyl/N-ethyl adjacent to an activating group) is 1. The maximum Gasteiger partial charge on any atom is 0.119 e. The van der Waals surface area contributed by atoms with Crippen LogP contribution in [0.5, 0.6) is 0 Å². The minimum atomic E-state index is -1.05. The molecule has 60 valence electrons. The van der Waals surface area contributed by atoms with Crippen molar-refractivity contribution >= 4 is 8.24 Å². The van der Waals surface area contributed by atoms with Gasteiger partial charge in [-0.2, -0.15) is 0 Å². The molecule has 0 saturated heterocycles. The zero-order valence-corrected chi connectivity index (χ0v) is 8.65. The summed E-state index contributed by atoms with van der Waals surface area (Å²) in [5, 5.41) is 0. The molecule has 1 nitrogen and oxygen atoms in total. The molecule has 0 atom stereocenters. The Morgan fingerprint density at radius 1 is 1.40 bits per heavy atom. The molecule has 0 aliphatic rings. The Labute approximate surface area is 65.8 Å². The molecular formula is C8H19NSi. The second-order valence-corrected chi connectivity index (χ2v) is 8.47. The van der Waals surface area contributed by atoms with Crippen LogP contribution in [0, 0.1) is 0 Å². The van der Waals surface area contributed by atoms with Gasteiger partial charge in [-0.3, -0.25) is 0 Å². The zero-order chi connectivity index (χ0) is 8.20. The van der Waals surface area contributed by atoms with E-state index in [9.17, 15) is 0 Å². The predicted molar refractivity (Wildman–Crippen MR) is 50.8 cm³/mol. The van der Waals surface area contributed by atoms with Gasteiger partial charge in [0, 0.05) is 6.54 Å². The Morgan fingerprint density at radius 2 is 1.90 bits per heavy atom. The van der Waals surface area contributed by atoms with Crippen LogP contribution in [-0.2, 0) is 0 Å². The van der Waals surface area contributed by atoms with Crippen molar-refractivity contribution < 1.29 is 0 Å². The molecule has 0 aromatic heterocycles. The summed E-state index contributed by atoms with van der Waals surface area (Å²) in [5.74, 6) is 0. The molecule has 0 aromatic carbocycles. The SMILES string of the molecule is C=CCN(CC)[Si](C)(C)C. The Morgan fingerprint density at radius 3 is 2.00 bits per heavy atom. The summed E-state index contributed by atoms with van der Waals surface area (Å²) in [5.41, 5.74) is 0. The summed E-state index contributed by atoms with van der Waals surface area (Å²) in [4.78, 5) is 0. The fourth-order valence-electron chi connectivity index (χ4n) is 1.03. The van der Waals surface area contributed by atoms with Gasteiger partial charge in [-0.05, 0) is 6.54 Å². The highest BCUT2D eigenvalue weighted by molar-refractivity contribution is 6.73. The van der Waals surface area contributed by atoms with Gasteiger partial charge in [-0.25, -0.2) is 0 Å². The highest BCUT2D eigenvalue weighted by Gasteiger charge is 2.20. The summed E-state index contributed by atoms with van der Waals surface area (Å²) in [6.45, 7) is 15.2. The van der Waals surface area contributed by atoms with Crippen molar-refractivity contribution in [2.24, 2.45) is 0 Å². The molecule has 0 spiro atoms. The predicted octanol–water partition coefficient (Wildman–Crippen LogP) is 2.33. The van der Waals surface area contributed by atoms with Crippen molar-refractivity contribution in [2.45, 2.75) is 26.6 Å². The lowest BCUT2D eigenvalue weighted by molar-refractivity contribution is 0.493. The quantitative estimate of drug-likeness (QED) is 0.447. The van der Waals surface area contributed by atoms with Crippen LogP contribution in [0.3, 0.4) is 0 Å². The first-order valence-electron chi connectivity index (χ1n) is 3.88. The number of rotatable bonds is 4. The normalized spacial score (nSPS) is 12.1. The standard InChI is InChI=1S/C8H19NSi/c1-6-8-9(7-2)10(3,4)5/h6H,1,7-8H2,2-5H3. The Bertz CT molecular complexity index is 104. The van der Waals surface area contributed by atoms with E-state index in [1.165, 1.54) is 0 Å². The molecule has 0 aliphatic heterocycles. The minimum absolute atomic E-state index is 1.05. The second-order valence-electron chi connectivity index (χ2n) is 3.50. The van der Waals surface area contributed by atoms with Crippen LogP contribution in [0.1, 0.15) is 6.92 Å². The van der Waals surface area contributed by atoms with E-state index in [0.717, 1.165) is 13.1 Å². The van der Waals surface area contributed by atoms with E-state index in [2.05, 4.69) is 37.7 Å². The van der Waals surface area contributed by atoms with Crippen molar-refractivity contribution in [1.29, 1.82) is 0 Å². The van der Waals surface area contributed by atoms with Crippen molar-refractivity contribution in [3.63, 3.8) is 0 Å². The smallest absolute Gasteiger partial charge is 0.119 e. The first kappa shape index (κ1) is 9.92. The lowest BCUT2D eigenvalue weighted by Gasteiger charge is -2.31. The molecule has 2 heteroatoms. The van der Waals surface area contributed by atoms with Crippen molar-refractivity contribution in [1.82, 2.24) is 4.57 Å². The van der Waals surface area contributed by atoms with Crippen LogP contribution in [-0.4, -0.2) is 25.9 Å². The van der Waals surface area contributed by atoms with Crippen molar-refractivity contribution in [3.8, 4) is 0 Å². The van der Waals surface area contributed by atoms with E-state index in [-0.39, 0.29) is 0 Å². The third-order valence-electron chi connectivity index (χ3n) is 1.68. The molecule has 0 fully saturated rings. The van der Waals surface area contributed by atoms with E-state index >= 15 is 0 Å². The van der Waals surface area contributed by atoms with Gasteiger partial charge in [0.1, 0.15) is 8.24 Å². The lowest BCUT2D eigenvalue weighted by atomic mass is 10.6. The van der Waals surface area contributed by atoms with Crippen molar-refractivity contribution in [2.75, 3.05) is 13.1 Å². The van der Waals surface area contributed by atoms with E-state index in [1.54, 1.807) is 0 Å². The Hall–Kier alpha value is -0.0831. The minimum Gasteiger partial charge on any atom is -0.321 e. The van der Waals surface area contributed by atoms with Gasteiger partial charge < -0.3 is 4.57 Å². The summed E-state index contributed by atoms with van der Waals surface area (Å²) in [7, 11) is -1.05. The van der Waals surface area contributed by atoms with E-state index in [1.807, 2.05) is 6.08 Å². The van der Waals surface area contributed by atoms with Crippen LogP contribution in [0.2, 0.25) is 19.6 Å². The summed E-state index contributed by atoms with van der Waals surface area (Å²) in [6.07, 6.45) is 1.99. The average Bonchev–Trinajstić information content (AvgIpc) is 1.80. The van der Waals surface area contributed by atoms with Gasteiger partial charge in [0.25, 0.3) is 0 Å². The number of nitrogens with zero attached hydrogens (tertiary/aromatic N) is 1. The van der Waals surface area contributed by atoms with Gasteiger partial charge in [-0.15, -0.1) is 6.58 Å². The molecular weight excluding hydrogens is 138 g/mol. The van der Waals surface area contributed by atoms with Gasteiger partial charge in [-0.1, -0.05) is 32.6 Å². The van der Waals surface area contributed by atoms with Crippen molar-refractivity contribution in [3.05, 3.63) is 12.7 Å². The third-order valence-corrected chi connectivity index (χ3v) is 4.08. The lowest BCUT2D eigenvalue weighted by Crippen LogP contribution is -2.45. The molecule has 0 aliphatic carbocycles. The highest BCUT2D eigenvalue weighted by atomic mass is 28.3. The van der Waals surface area contributed by atoms with Gasteiger partial charge in [0.2, 0.25) is 0 Å². The van der Waals surface area contributed by atoms with Crippen LogP contribution < -0.4 is 0 Å². The topological polar surface area (TPSA) is 3.24 Å². The largest absolute Gasteiger partial charge is 0.321 e. The molecule has 0 bridgehead atoms. The maximum atomic E-state index is 3.74. The summed E-state index contributed by atoms with van der Waals surface area (Å²) in [6, 6.07) is 0. The van der Waals surface area contributed by atoms with Crippen LogP contribution in [0.25, 0.3) is 0 Å². The fraction of sp³-hybridized carbons (Fsp3) is 0.750. The van der Waals surface area contributed by atoms with E-state index < -0.39 is 8.24 Å². The van der Waals surface area contributed by atoms with Crippen LogP contribution >= 0.6 is 0 Å². The Kier molecular flexibility index (Phi) is 3.90. The molecule has 0 rings (SSSR count). The van der Waals surface area contributed by atoms with Crippen LogP contribution in [0.15, 0.2) is 12.7 Å². The fourth-order valence-corrected chi connectivity index (χ4v) is 2.66. The molecule has 0 amide bonds. The first-order chi connectivity index (χ1) is 4.52. The number of hydrogen-bond donors (Lipinski definition) is 0. The summed E-state index contributed by atoms with van der Waals surface area (Å²) >= 11 is 0. The molecule has 0 aromatic rings. The average molecular weight is 157 g/mol. The van der Waals surface area contributed by atoms with Gasteiger partial charge in [0.05, 0.1) is 0 Å². The van der Waals surface area contributed by atoms with Gasteiger partial charge >= 0.3 is 0 Å². The molecule has 0 heterocycles. The molecule has 0 radical (unpaired) electrons. The third kappa shape index (κ3) is 3.18.